The van der Waals surface area contributed by atoms with Crippen LogP contribution in [0.2, 0.25) is 5.02 Å². The van der Waals surface area contributed by atoms with Crippen molar-refractivity contribution in [2.75, 3.05) is 13.1 Å². The number of hydrogen-bond acceptors (Lipinski definition) is 2. The summed E-state index contributed by atoms with van der Waals surface area (Å²) >= 11 is 6.03. The number of rotatable bonds is 2. The van der Waals surface area contributed by atoms with Crippen LogP contribution < -0.4 is 5.32 Å². The largest absolute Gasteiger partial charge is 0.310 e. The minimum Gasteiger partial charge on any atom is -0.310 e. The molecule has 2 atom stereocenters. The fourth-order valence-corrected chi connectivity index (χ4v) is 3.27. The van der Waals surface area contributed by atoms with Crippen LogP contribution in [0.4, 0.5) is 0 Å². The van der Waals surface area contributed by atoms with E-state index >= 15 is 0 Å². The summed E-state index contributed by atoms with van der Waals surface area (Å²) in [4.78, 5) is 2.56. The molecule has 0 radical (unpaired) electrons. The van der Waals surface area contributed by atoms with Crippen LogP contribution in [-0.4, -0.2) is 30.1 Å². The van der Waals surface area contributed by atoms with E-state index < -0.39 is 0 Å². The highest BCUT2D eigenvalue weighted by atomic mass is 35.5. The van der Waals surface area contributed by atoms with Gasteiger partial charge in [0.2, 0.25) is 0 Å². The van der Waals surface area contributed by atoms with Gasteiger partial charge in [-0.3, -0.25) is 4.90 Å². The van der Waals surface area contributed by atoms with Gasteiger partial charge in [-0.2, -0.15) is 0 Å². The summed E-state index contributed by atoms with van der Waals surface area (Å²) in [7, 11) is 0. The van der Waals surface area contributed by atoms with Crippen molar-refractivity contribution in [3.05, 3.63) is 34.9 Å². The third-order valence-electron chi connectivity index (χ3n) is 3.90. The van der Waals surface area contributed by atoms with E-state index in [4.69, 9.17) is 11.6 Å². The number of halogens is 1. The molecule has 2 saturated heterocycles. The molecule has 0 amide bonds. The summed E-state index contributed by atoms with van der Waals surface area (Å²) in [6, 6.07) is 9.71. The van der Waals surface area contributed by atoms with Crippen LogP contribution in [0.5, 0.6) is 0 Å². The van der Waals surface area contributed by atoms with Crippen molar-refractivity contribution in [3.8, 4) is 0 Å². The number of hydrogen-bond donors (Lipinski definition) is 1. The third-order valence-corrected chi connectivity index (χ3v) is 4.14. The van der Waals surface area contributed by atoms with Crippen molar-refractivity contribution in [3.63, 3.8) is 0 Å². The summed E-state index contributed by atoms with van der Waals surface area (Å²) in [5, 5.41) is 4.56. The van der Waals surface area contributed by atoms with E-state index in [1.807, 2.05) is 12.1 Å². The summed E-state index contributed by atoms with van der Waals surface area (Å²) in [6.07, 6.45) is 4.00. The van der Waals surface area contributed by atoms with Gasteiger partial charge in [0.1, 0.15) is 0 Å². The highest BCUT2D eigenvalue weighted by molar-refractivity contribution is 6.30. The number of fused-ring (bicyclic) bond motifs is 2. The minimum atomic E-state index is 0.710. The molecule has 1 aromatic rings. The van der Waals surface area contributed by atoms with Crippen LogP contribution in [-0.2, 0) is 6.54 Å². The molecule has 3 rings (SSSR count). The Morgan fingerprint density at radius 2 is 2.12 bits per heavy atom. The zero-order valence-corrected chi connectivity index (χ0v) is 10.8. The molecule has 0 spiro atoms. The molecule has 2 heterocycles. The van der Waals surface area contributed by atoms with Crippen molar-refractivity contribution in [2.45, 2.75) is 37.9 Å². The Bertz CT molecular complexity index is 394. The molecular formula is C14H19ClN2. The SMILES string of the molecule is Clc1cccc(CN2CCC3CCC(C2)N3)c1. The molecular weight excluding hydrogens is 232 g/mol. The molecule has 17 heavy (non-hydrogen) atoms. The fraction of sp³-hybridized carbons (Fsp3) is 0.571. The predicted octanol–water partition coefficient (Wildman–Crippen LogP) is 2.67. The Morgan fingerprint density at radius 1 is 1.24 bits per heavy atom. The van der Waals surface area contributed by atoms with E-state index in [1.165, 1.54) is 37.9 Å². The number of benzene rings is 1. The molecule has 92 valence electrons. The molecule has 1 N–H and O–H groups in total. The highest BCUT2D eigenvalue weighted by Gasteiger charge is 2.28. The van der Waals surface area contributed by atoms with Gasteiger partial charge < -0.3 is 5.32 Å². The smallest absolute Gasteiger partial charge is 0.0409 e. The number of nitrogens with one attached hydrogen (secondary N) is 1. The van der Waals surface area contributed by atoms with Crippen LogP contribution in [0.25, 0.3) is 0 Å². The van der Waals surface area contributed by atoms with Crippen LogP contribution in [0.1, 0.15) is 24.8 Å². The Morgan fingerprint density at radius 3 is 3.00 bits per heavy atom. The van der Waals surface area contributed by atoms with Gasteiger partial charge in [0.25, 0.3) is 0 Å². The van der Waals surface area contributed by atoms with Crippen molar-refractivity contribution >= 4 is 11.6 Å². The standard InChI is InChI=1S/C14H19ClN2/c15-12-3-1-2-11(8-12)9-17-7-6-13-4-5-14(10-17)16-13/h1-3,8,13-14,16H,4-7,9-10H2. The predicted molar refractivity (Wildman–Crippen MR) is 71.3 cm³/mol. The van der Waals surface area contributed by atoms with Crippen molar-refractivity contribution in [1.29, 1.82) is 0 Å². The lowest BCUT2D eigenvalue weighted by molar-refractivity contribution is 0.251. The Balaban J connectivity index is 1.65. The van der Waals surface area contributed by atoms with Crippen LogP contribution in [0, 0.1) is 0 Å². The molecule has 2 aliphatic rings. The van der Waals surface area contributed by atoms with E-state index in [1.54, 1.807) is 0 Å². The quantitative estimate of drug-likeness (QED) is 0.868. The van der Waals surface area contributed by atoms with Crippen LogP contribution in [0.3, 0.4) is 0 Å². The molecule has 0 aliphatic carbocycles. The maximum Gasteiger partial charge on any atom is 0.0409 e. The molecule has 0 aromatic heterocycles. The van der Waals surface area contributed by atoms with Crippen molar-refractivity contribution in [1.82, 2.24) is 10.2 Å². The fourth-order valence-electron chi connectivity index (χ4n) is 3.05. The highest BCUT2D eigenvalue weighted by Crippen LogP contribution is 2.22. The minimum absolute atomic E-state index is 0.710. The molecule has 1 aromatic carbocycles. The van der Waals surface area contributed by atoms with E-state index in [0.29, 0.717) is 6.04 Å². The first-order chi connectivity index (χ1) is 8.29. The third kappa shape index (κ3) is 2.82. The molecule has 2 bridgehead atoms. The van der Waals surface area contributed by atoms with E-state index in [2.05, 4.69) is 22.3 Å². The number of nitrogens with zero attached hydrogens (tertiary/aromatic N) is 1. The summed E-state index contributed by atoms with van der Waals surface area (Å²) in [5.74, 6) is 0. The van der Waals surface area contributed by atoms with Crippen LogP contribution in [0.15, 0.2) is 24.3 Å². The van der Waals surface area contributed by atoms with Gasteiger partial charge in [0.15, 0.2) is 0 Å². The number of likely N-dealkylation sites (tertiary alicyclic amines) is 1. The maximum atomic E-state index is 6.03. The lowest BCUT2D eigenvalue weighted by Gasteiger charge is -2.24. The monoisotopic (exact) mass is 250 g/mol. The Hall–Kier alpha value is -0.570. The summed E-state index contributed by atoms with van der Waals surface area (Å²) < 4.78 is 0. The van der Waals surface area contributed by atoms with E-state index in [9.17, 15) is 0 Å². The second kappa shape index (κ2) is 4.97. The Kier molecular flexibility index (Phi) is 3.37. The molecule has 3 heteroatoms. The topological polar surface area (TPSA) is 15.3 Å². The average molecular weight is 251 g/mol. The zero-order valence-electron chi connectivity index (χ0n) is 10.0. The van der Waals surface area contributed by atoms with Gasteiger partial charge in [-0.1, -0.05) is 23.7 Å². The maximum absolute atomic E-state index is 6.03. The van der Waals surface area contributed by atoms with Gasteiger partial charge >= 0.3 is 0 Å². The first-order valence-electron chi connectivity index (χ1n) is 6.52. The molecule has 2 aliphatic heterocycles. The summed E-state index contributed by atoms with van der Waals surface area (Å²) in [5.41, 5.74) is 1.33. The molecule has 2 nitrogen and oxygen atoms in total. The van der Waals surface area contributed by atoms with Crippen molar-refractivity contribution in [2.24, 2.45) is 0 Å². The van der Waals surface area contributed by atoms with E-state index in [0.717, 1.165) is 17.6 Å². The molecule has 2 fully saturated rings. The Labute approximate surface area is 108 Å². The van der Waals surface area contributed by atoms with Crippen LogP contribution >= 0.6 is 11.6 Å². The van der Waals surface area contributed by atoms with Gasteiger partial charge in [-0.15, -0.1) is 0 Å². The van der Waals surface area contributed by atoms with Gasteiger partial charge in [-0.05, 0) is 37.0 Å². The average Bonchev–Trinajstić information content (AvgIpc) is 2.63. The first-order valence-corrected chi connectivity index (χ1v) is 6.90. The molecule has 2 unspecified atom stereocenters. The second-order valence-corrected chi connectivity index (χ2v) is 5.73. The lowest BCUT2D eigenvalue weighted by atomic mass is 10.1. The van der Waals surface area contributed by atoms with Gasteiger partial charge in [-0.25, -0.2) is 0 Å². The second-order valence-electron chi connectivity index (χ2n) is 5.29. The van der Waals surface area contributed by atoms with E-state index in [-0.39, 0.29) is 0 Å². The zero-order chi connectivity index (χ0) is 11.7. The lowest BCUT2D eigenvalue weighted by Crippen LogP contribution is -2.34. The first kappa shape index (κ1) is 11.5. The van der Waals surface area contributed by atoms with Gasteiger partial charge in [0, 0.05) is 36.7 Å². The van der Waals surface area contributed by atoms with Crippen molar-refractivity contribution < 1.29 is 0 Å². The summed E-state index contributed by atoms with van der Waals surface area (Å²) in [6.45, 7) is 3.43. The van der Waals surface area contributed by atoms with Gasteiger partial charge in [0.05, 0.1) is 0 Å². The normalized spacial score (nSPS) is 29.2. The molecule has 0 saturated carbocycles.